The summed E-state index contributed by atoms with van der Waals surface area (Å²) in [6, 6.07) is 1.99. The van der Waals surface area contributed by atoms with E-state index in [-0.39, 0.29) is 8.41 Å². The van der Waals surface area contributed by atoms with E-state index in [1.54, 1.807) is 0 Å². The molecule has 15 heavy (non-hydrogen) atoms. The number of hydrogen-bond acceptors (Lipinski definition) is 1. The highest BCUT2D eigenvalue weighted by Gasteiger charge is 2.28. The maximum absolute atomic E-state index is 2.65. The Morgan fingerprint density at radius 3 is 0.933 bits per heavy atom. The molecule has 1 nitrogen and oxygen atoms in total. The molecule has 0 aliphatic carbocycles. The van der Waals surface area contributed by atoms with E-state index >= 15 is 0 Å². The molecular formula is C13H29BN. The van der Waals surface area contributed by atoms with Crippen LogP contribution in [0, 0.1) is 11.8 Å². The molecule has 0 aliphatic rings. The van der Waals surface area contributed by atoms with E-state index in [9.17, 15) is 0 Å². The predicted molar refractivity (Wildman–Crippen MR) is 71.3 cm³/mol. The fraction of sp³-hybridized carbons (Fsp3) is 1.00. The van der Waals surface area contributed by atoms with Crippen LogP contribution in [0.4, 0.5) is 0 Å². The zero-order valence-electron chi connectivity index (χ0n) is 11.9. The van der Waals surface area contributed by atoms with Gasteiger partial charge in [-0.15, -0.1) is 0 Å². The van der Waals surface area contributed by atoms with Crippen molar-refractivity contribution in [3.8, 4) is 0 Å². The third kappa shape index (κ3) is 5.06. The lowest BCUT2D eigenvalue weighted by molar-refractivity contribution is 0.0532. The molecule has 0 aromatic heterocycles. The van der Waals surface area contributed by atoms with Crippen molar-refractivity contribution in [3.05, 3.63) is 0 Å². The summed E-state index contributed by atoms with van der Waals surface area (Å²) in [5.41, 5.74) is 0. The van der Waals surface area contributed by atoms with Crippen molar-refractivity contribution in [1.29, 1.82) is 0 Å². The van der Waals surface area contributed by atoms with E-state index < -0.39 is 0 Å². The molecule has 0 aromatic rings. The fourth-order valence-corrected chi connectivity index (χ4v) is 2.74. The first kappa shape index (κ1) is 17.4. The van der Waals surface area contributed by atoms with Crippen molar-refractivity contribution in [2.75, 3.05) is 0 Å². The molecule has 0 atom stereocenters. The molecule has 0 aromatic carbocycles. The molecule has 0 bridgehead atoms. The average Bonchev–Trinajstić information content (AvgIpc) is 1.96. The minimum atomic E-state index is 0. The molecule has 3 radical (unpaired) electrons. The van der Waals surface area contributed by atoms with Gasteiger partial charge in [-0.05, 0) is 39.5 Å². The molecule has 0 saturated heterocycles. The van der Waals surface area contributed by atoms with Gasteiger partial charge in [0.05, 0.1) is 0 Å². The summed E-state index contributed by atoms with van der Waals surface area (Å²) < 4.78 is 0. The molecule has 0 fully saturated rings. The van der Waals surface area contributed by atoms with Crippen LogP contribution < -0.4 is 0 Å². The number of rotatable bonds is 5. The molecule has 2 heteroatoms. The molecule has 0 unspecified atom stereocenters. The van der Waals surface area contributed by atoms with Gasteiger partial charge in [0, 0.05) is 26.5 Å². The summed E-state index contributed by atoms with van der Waals surface area (Å²) in [6.45, 7) is 18.6. The second kappa shape index (κ2) is 7.32. The van der Waals surface area contributed by atoms with Crippen molar-refractivity contribution < 1.29 is 0 Å². The van der Waals surface area contributed by atoms with Gasteiger partial charge < -0.3 is 0 Å². The second-order valence-electron chi connectivity index (χ2n) is 5.61. The van der Waals surface area contributed by atoms with Crippen LogP contribution in [0.25, 0.3) is 0 Å². The lowest BCUT2D eigenvalue weighted by Gasteiger charge is -2.42. The van der Waals surface area contributed by atoms with Crippen molar-refractivity contribution in [2.45, 2.75) is 73.5 Å². The summed E-state index contributed by atoms with van der Waals surface area (Å²) in [5, 5.41) is 0. The van der Waals surface area contributed by atoms with Gasteiger partial charge in [0.15, 0.2) is 0 Å². The van der Waals surface area contributed by atoms with E-state index in [1.165, 1.54) is 0 Å². The van der Waals surface area contributed by atoms with Gasteiger partial charge in [-0.3, -0.25) is 4.90 Å². The third-order valence-electron chi connectivity index (χ3n) is 2.90. The predicted octanol–water partition coefficient (Wildman–Crippen LogP) is 3.41. The molecule has 0 aliphatic heterocycles. The lowest BCUT2D eigenvalue weighted by Crippen LogP contribution is -2.50. The maximum Gasteiger partial charge on any atom is 0.0147 e. The van der Waals surface area contributed by atoms with E-state index in [2.05, 4.69) is 60.3 Å². The quantitative estimate of drug-likeness (QED) is 0.628. The minimum Gasteiger partial charge on any atom is -0.295 e. The molecule has 0 amide bonds. The maximum atomic E-state index is 2.65. The topological polar surface area (TPSA) is 3.24 Å². The average molecular weight is 210 g/mol. The Morgan fingerprint density at radius 1 is 0.600 bits per heavy atom. The highest BCUT2D eigenvalue weighted by Crippen LogP contribution is 2.23. The second-order valence-corrected chi connectivity index (χ2v) is 5.61. The first-order valence-electron chi connectivity index (χ1n) is 6.06. The van der Waals surface area contributed by atoms with Crippen LogP contribution in [0.3, 0.4) is 0 Å². The Labute approximate surface area is 99.2 Å². The van der Waals surface area contributed by atoms with Crippen molar-refractivity contribution >= 4 is 8.41 Å². The minimum absolute atomic E-state index is 0. The highest BCUT2D eigenvalue weighted by molar-refractivity contribution is 5.75. The van der Waals surface area contributed by atoms with Crippen LogP contribution in [-0.4, -0.2) is 31.4 Å². The van der Waals surface area contributed by atoms with Gasteiger partial charge in [0.2, 0.25) is 0 Å². The Balaban J connectivity index is 0. The highest BCUT2D eigenvalue weighted by atomic mass is 15.2. The summed E-state index contributed by atoms with van der Waals surface area (Å²) in [4.78, 5) is 2.65. The SMILES string of the molecule is CC(C)C(C(C)C)N(C(C)C)C(C)C.[B]. The first-order valence-corrected chi connectivity index (χ1v) is 6.06. The smallest absolute Gasteiger partial charge is 0.0147 e. The summed E-state index contributed by atoms with van der Waals surface area (Å²) in [7, 11) is 0. The van der Waals surface area contributed by atoms with Gasteiger partial charge >= 0.3 is 0 Å². The largest absolute Gasteiger partial charge is 0.295 e. The van der Waals surface area contributed by atoms with E-state index in [4.69, 9.17) is 0 Å². The van der Waals surface area contributed by atoms with E-state index in [0.29, 0.717) is 18.1 Å². The Hall–Kier alpha value is 0.0249. The van der Waals surface area contributed by atoms with Crippen LogP contribution in [0.2, 0.25) is 0 Å². The van der Waals surface area contributed by atoms with Gasteiger partial charge in [-0.2, -0.15) is 0 Å². The van der Waals surface area contributed by atoms with Crippen LogP contribution in [0.5, 0.6) is 0 Å². The monoisotopic (exact) mass is 210 g/mol. The molecule has 0 spiro atoms. The fourth-order valence-electron chi connectivity index (χ4n) is 2.74. The van der Waals surface area contributed by atoms with Crippen molar-refractivity contribution in [1.82, 2.24) is 4.90 Å². The van der Waals surface area contributed by atoms with Crippen LogP contribution >= 0.6 is 0 Å². The Bertz CT molecular complexity index is 119. The van der Waals surface area contributed by atoms with E-state index in [1.807, 2.05) is 0 Å². The van der Waals surface area contributed by atoms with Gasteiger partial charge in [0.25, 0.3) is 0 Å². The van der Waals surface area contributed by atoms with E-state index in [0.717, 1.165) is 11.8 Å². The normalized spacial score (nSPS) is 12.4. The lowest BCUT2D eigenvalue weighted by atomic mass is 9.89. The first-order chi connectivity index (χ1) is 6.29. The van der Waals surface area contributed by atoms with Gasteiger partial charge in [-0.25, -0.2) is 0 Å². The summed E-state index contributed by atoms with van der Waals surface area (Å²) in [5.74, 6) is 1.47. The van der Waals surface area contributed by atoms with Gasteiger partial charge in [0.1, 0.15) is 0 Å². The van der Waals surface area contributed by atoms with Gasteiger partial charge in [-0.1, -0.05) is 27.7 Å². The summed E-state index contributed by atoms with van der Waals surface area (Å²) in [6.07, 6.45) is 0. The Kier molecular flexibility index (Phi) is 8.51. The Morgan fingerprint density at radius 2 is 0.867 bits per heavy atom. The molecule has 0 rings (SSSR count). The van der Waals surface area contributed by atoms with Crippen molar-refractivity contribution in [3.63, 3.8) is 0 Å². The van der Waals surface area contributed by atoms with Crippen LogP contribution in [0.1, 0.15) is 55.4 Å². The molecule has 0 saturated carbocycles. The standard InChI is InChI=1S/C13H29N.B/c1-9(2)13(10(3)4)14(11(5)6)12(7)8;/h9-13H,1-8H3;. The molecule has 0 heterocycles. The number of hydrogen-bond donors (Lipinski definition) is 0. The zero-order valence-corrected chi connectivity index (χ0v) is 11.9. The number of nitrogens with zero attached hydrogens (tertiary/aromatic N) is 1. The molecular weight excluding hydrogens is 181 g/mol. The zero-order chi connectivity index (χ0) is 11.5. The van der Waals surface area contributed by atoms with Crippen molar-refractivity contribution in [2.24, 2.45) is 11.8 Å². The molecule has 89 valence electrons. The summed E-state index contributed by atoms with van der Waals surface area (Å²) >= 11 is 0. The van der Waals surface area contributed by atoms with Crippen LogP contribution in [-0.2, 0) is 0 Å². The molecule has 0 N–H and O–H groups in total. The van der Waals surface area contributed by atoms with Crippen LogP contribution in [0.15, 0.2) is 0 Å². The third-order valence-corrected chi connectivity index (χ3v) is 2.90.